The predicted octanol–water partition coefficient (Wildman–Crippen LogP) is 3.69. The van der Waals surface area contributed by atoms with Crippen LogP contribution >= 0.6 is 0 Å². The summed E-state index contributed by atoms with van der Waals surface area (Å²) in [6, 6.07) is 9.17. The van der Waals surface area contributed by atoms with Crippen molar-refractivity contribution in [3.8, 4) is 0 Å². The number of benzene rings is 2. The van der Waals surface area contributed by atoms with Crippen LogP contribution in [0.3, 0.4) is 0 Å². The highest BCUT2D eigenvalue weighted by Crippen LogP contribution is 2.18. The maximum atomic E-state index is 13.9. The summed E-state index contributed by atoms with van der Waals surface area (Å²) in [5.41, 5.74) is 0.988. The summed E-state index contributed by atoms with van der Waals surface area (Å²) in [5, 5.41) is 16.9. The summed E-state index contributed by atoms with van der Waals surface area (Å²) < 4.78 is 27.0. The first-order chi connectivity index (χ1) is 12.4. The number of hydrogen-bond acceptors (Lipinski definition) is 3. The molecule has 2 aromatic rings. The van der Waals surface area contributed by atoms with Gasteiger partial charge in [-0.05, 0) is 25.5 Å². The normalized spacial score (nSPS) is 12.5. The summed E-state index contributed by atoms with van der Waals surface area (Å²) >= 11 is 0. The van der Waals surface area contributed by atoms with E-state index in [0.29, 0.717) is 23.6 Å². The van der Waals surface area contributed by atoms with Gasteiger partial charge in [0.05, 0.1) is 17.5 Å². The van der Waals surface area contributed by atoms with Crippen LogP contribution in [0.25, 0.3) is 0 Å². The molecule has 0 aromatic heterocycles. The molecular formula is C18H20F2N4O2. The third-order valence-corrected chi connectivity index (χ3v) is 3.67. The van der Waals surface area contributed by atoms with Crippen LogP contribution < -0.4 is 10.6 Å². The van der Waals surface area contributed by atoms with E-state index in [4.69, 9.17) is 0 Å². The highest BCUT2D eigenvalue weighted by atomic mass is 19.1. The average molecular weight is 362 g/mol. The molecule has 6 nitrogen and oxygen atoms in total. The fourth-order valence-corrected chi connectivity index (χ4v) is 2.39. The van der Waals surface area contributed by atoms with Crippen LogP contribution in [0, 0.1) is 21.7 Å². The van der Waals surface area contributed by atoms with Gasteiger partial charge in [-0.3, -0.25) is 10.1 Å². The fourth-order valence-electron chi connectivity index (χ4n) is 2.39. The Bertz CT molecular complexity index is 812. The number of hydrogen-bond donors (Lipinski definition) is 2. The maximum absolute atomic E-state index is 13.9. The lowest BCUT2D eigenvalue weighted by Crippen LogP contribution is -2.39. The number of nitrogens with one attached hydrogen (secondary N) is 2. The zero-order chi connectivity index (χ0) is 19.1. The van der Waals surface area contributed by atoms with Crippen molar-refractivity contribution < 1.29 is 13.7 Å². The van der Waals surface area contributed by atoms with E-state index in [9.17, 15) is 18.9 Å². The van der Waals surface area contributed by atoms with E-state index in [0.717, 1.165) is 6.07 Å². The van der Waals surface area contributed by atoms with Gasteiger partial charge >= 0.3 is 0 Å². The quantitative estimate of drug-likeness (QED) is 0.355. The molecule has 26 heavy (non-hydrogen) atoms. The van der Waals surface area contributed by atoms with E-state index in [1.54, 1.807) is 19.1 Å². The van der Waals surface area contributed by atoms with Crippen molar-refractivity contribution in [1.82, 2.24) is 10.6 Å². The summed E-state index contributed by atoms with van der Waals surface area (Å²) in [4.78, 5) is 14.7. The monoisotopic (exact) mass is 362 g/mol. The molecule has 0 aliphatic heterocycles. The highest BCUT2D eigenvalue weighted by Gasteiger charge is 2.13. The Morgan fingerprint density at radius 2 is 2.04 bits per heavy atom. The van der Waals surface area contributed by atoms with E-state index in [2.05, 4.69) is 15.6 Å². The second-order valence-corrected chi connectivity index (χ2v) is 5.65. The molecule has 0 saturated carbocycles. The molecule has 0 spiro atoms. The van der Waals surface area contributed by atoms with Crippen molar-refractivity contribution in [2.75, 3.05) is 6.54 Å². The summed E-state index contributed by atoms with van der Waals surface area (Å²) in [7, 11) is 0. The molecule has 0 bridgehead atoms. The molecule has 0 aliphatic carbocycles. The standard InChI is InChI=1S/C18H20F2N4O2/c1-3-21-18(22-11-13-5-4-6-15(9-13)24(25)26)23-12(2)16-8-7-14(19)10-17(16)20/h4-10,12H,3,11H2,1-2H3,(H2,21,22,23). The van der Waals surface area contributed by atoms with Gasteiger partial charge in [-0.2, -0.15) is 0 Å². The minimum Gasteiger partial charge on any atom is -0.357 e. The minimum absolute atomic E-state index is 0.00240. The van der Waals surface area contributed by atoms with Crippen molar-refractivity contribution in [1.29, 1.82) is 0 Å². The number of aliphatic imine (C=N–C) groups is 1. The van der Waals surface area contributed by atoms with Gasteiger partial charge in [0.1, 0.15) is 11.6 Å². The van der Waals surface area contributed by atoms with Gasteiger partial charge in [0.15, 0.2) is 5.96 Å². The molecule has 0 radical (unpaired) electrons. The second kappa shape index (κ2) is 8.89. The van der Waals surface area contributed by atoms with E-state index < -0.39 is 22.6 Å². The molecule has 1 unspecified atom stereocenters. The number of nitro benzene ring substituents is 1. The molecule has 0 saturated heterocycles. The first-order valence-electron chi connectivity index (χ1n) is 8.13. The second-order valence-electron chi connectivity index (χ2n) is 5.65. The highest BCUT2D eigenvalue weighted by molar-refractivity contribution is 5.80. The Kier molecular flexibility index (Phi) is 6.60. The lowest BCUT2D eigenvalue weighted by Gasteiger charge is -2.18. The van der Waals surface area contributed by atoms with E-state index in [1.807, 2.05) is 6.92 Å². The number of non-ortho nitro benzene ring substituents is 1. The molecule has 0 amide bonds. The Labute approximate surface area is 150 Å². The van der Waals surface area contributed by atoms with E-state index in [1.165, 1.54) is 24.3 Å². The number of nitro groups is 1. The molecule has 0 heterocycles. The number of rotatable bonds is 6. The van der Waals surface area contributed by atoms with E-state index >= 15 is 0 Å². The van der Waals surface area contributed by atoms with Gasteiger partial charge in [-0.15, -0.1) is 0 Å². The van der Waals surface area contributed by atoms with Crippen molar-refractivity contribution >= 4 is 11.6 Å². The molecule has 1 atom stereocenters. The van der Waals surface area contributed by atoms with Crippen LogP contribution in [0.1, 0.15) is 31.0 Å². The van der Waals surface area contributed by atoms with Gasteiger partial charge in [0, 0.05) is 30.3 Å². The Morgan fingerprint density at radius 1 is 1.27 bits per heavy atom. The number of guanidine groups is 1. The number of halogens is 2. The van der Waals surface area contributed by atoms with Crippen molar-refractivity contribution in [3.63, 3.8) is 0 Å². The van der Waals surface area contributed by atoms with E-state index in [-0.39, 0.29) is 12.2 Å². The van der Waals surface area contributed by atoms with Crippen LogP contribution in [0.15, 0.2) is 47.5 Å². The predicted molar refractivity (Wildman–Crippen MR) is 95.8 cm³/mol. The van der Waals surface area contributed by atoms with Crippen molar-refractivity contribution in [2.45, 2.75) is 26.4 Å². The van der Waals surface area contributed by atoms with Gasteiger partial charge in [0.2, 0.25) is 0 Å². The molecule has 0 aliphatic rings. The zero-order valence-corrected chi connectivity index (χ0v) is 14.5. The van der Waals surface area contributed by atoms with Gasteiger partial charge in [0.25, 0.3) is 5.69 Å². The molecule has 138 valence electrons. The van der Waals surface area contributed by atoms with Crippen LogP contribution in [-0.4, -0.2) is 17.4 Å². The molecule has 2 aromatic carbocycles. The van der Waals surface area contributed by atoms with Crippen molar-refractivity contribution in [3.05, 3.63) is 75.3 Å². The third-order valence-electron chi connectivity index (χ3n) is 3.67. The maximum Gasteiger partial charge on any atom is 0.269 e. The largest absolute Gasteiger partial charge is 0.357 e. The Hall–Kier alpha value is -3.03. The summed E-state index contributed by atoms with van der Waals surface area (Å²) in [6.45, 7) is 4.42. The number of nitrogens with zero attached hydrogens (tertiary/aromatic N) is 2. The van der Waals surface area contributed by atoms with Gasteiger partial charge in [-0.25, -0.2) is 13.8 Å². The lowest BCUT2D eigenvalue weighted by molar-refractivity contribution is -0.384. The molecule has 0 fully saturated rings. The van der Waals surface area contributed by atoms with Crippen LogP contribution in [0.2, 0.25) is 0 Å². The fraction of sp³-hybridized carbons (Fsp3) is 0.278. The first kappa shape index (κ1) is 19.3. The molecule has 2 rings (SSSR count). The Morgan fingerprint density at radius 3 is 2.69 bits per heavy atom. The van der Waals surface area contributed by atoms with Crippen LogP contribution in [0.5, 0.6) is 0 Å². The lowest BCUT2D eigenvalue weighted by atomic mass is 10.1. The van der Waals surface area contributed by atoms with Gasteiger partial charge in [-0.1, -0.05) is 18.2 Å². The van der Waals surface area contributed by atoms with Gasteiger partial charge < -0.3 is 10.6 Å². The van der Waals surface area contributed by atoms with Crippen LogP contribution in [0.4, 0.5) is 14.5 Å². The average Bonchev–Trinajstić information content (AvgIpc) is 2.60. The van der Waals surface area contributed by atoms with Crippen LogP contribution in [-0.2, 0) is 6.54 Å². The van der Waals surface area contributed by atoms with Crippen molar-refractivity contribution in [2.24, 2.45) is 4.99 Å². The molecule has 2 N–H and O–H groups in total. The first-order valence-corrected chi connectivity index (χ1v) is 8.13. The summed E-state index contributed by atoms with van der Waals surface area (Å²) in [5.74, 6) is -0.848. The Balaban J connectivity index is 2.13. The third kappa shape index (κ3) is 5.23. The molecule has 8 heteroatoms. The molecular weight excluding hydrogens is 342 g/mol. The zero-order valence-electron chi connectivity index (χ0n) is 14.5. The topological polar surface area (TPSA) is 79.6 Å². The summed E-state index contributed by atoms with van der Waals surface area (Å²) in [6.07, 6.45) is 0. The minimum atomic E-state index is -0.639. The smallest absolute Gasteiger partial charge is 0.269 e. The SMILES string of the molecule is CCNC(=NCc1cccc([N+](=O)[O-])c1)NC(C)c1ccc(F)cc1F.